The molecule has 94 valence electrons. The van der Waals surface area contributed by atoms with Crippen molar-refractivity contribution in [2.75, 3.05) is 13.6 Å². The Kier molecular flexibility index (Phi) is 5.10. The average Bonchev–Trinajstić information content (AvgIpc) is 2.24. The van der Waals surface area contributed by atoms with E-state index < -0.39 is 6.61 Å². The molecule has 0 aromatic heterocycles. The van der Waals surface area contributed by atoms with Crippen molar-refractivity contribution in [3.63, 3.8) is 0 Å². The van der Waals surface area contributed by atoms with Gasteiger partial charge >= 0.3 is 6.61 Å². The first-order valence-corrected chi connectivity index (χ1v) is 5.41. The van der Waals surface area contributed by atoms with Crippen LogP contribution in [0.15, 0.2) is 18.2 Å². The molecule has 0 spiro atoms. The van der Waals surface area contributed by atoms with Crippen LogP contribution in [0, 0.1) is 13.8 Å². The maximum Gasteiger partial charge on any atom is 0.387 e. The Morgan fingerprint density at radius 2 is 1.88 bits per heavy atom. The summed E-state index contributed by atoms with van der Waals surface area (Å²) >= 11 is 0. The number of aryl methyl sites for hydroxylation is 2. The van der Waals surface area contributed by atoms with E-state index in [0.29, 0.717) is 0 Å². The number of likely N-dealkylation sites (N-methyl/N-ethyl adjacent to an activating group) is 1. The topological polar surface area (TPSA) is 21.3 Å². The summed E-state index contributed by atoms with van der Waals surface area (Å²) in [5.74, 6) is 0.269. The fourth-order valence-electron chi connectivity index (χ4n) is 1.67. The van der Waals surface area contributed by atoms with Crippen molar-refractivity contribution in [3.8, 4) is 5.75 Å². The molecular weight excluding hydrogens is 224 g/mol. The fourth-order valence-corrected chi connectivity index (χ4v) is 1.67. The first kappa shape index (κ1) is 13.6. The van der Waals surface area contributed by atoms with Crippen LogP contribution in [0.2, 0.25) is 0 Å². The van der Waals surface area contributed by atoms with E-state index in [1.165, 1.54) is 0 Å². The molecule has 1 rings (SSSR count). The summed E-state index contributed by atoms with van der Waals surface area (Å²) in [7, 11) is 1.86. The van der Waals surface area contributed by atoms with Crippen molar-refractivity contribution in [3.05, 3.63) is 34.9 Å². The maximum absolute atomic E-state index is 12.2. The molecule has 0 atom stereocenters. The van der Waals surface area contributed by atoms with E-state index in [1.807, 2.05) is 31.3 Å². The number of ether oxygens (including phenoxy) is 1. The zero-order valence-corrected chi connectivity index (χ0v) is 10.3. The Bertz CT molecular complexity index is 379. The summed E-state index contributed by atoms with van der Waals surface area (Å²) in [6.45, 7) is 1.52. The monoisotopic (exact) mass is 241 g/mol. The fraction of sp³-hybridized carbons (Fsp3) is 0.385. The smallest absolute Gasteiger partial charge is 0.387 e. The molecule has 17 heavy (non-hydrogen) atoms. The summed E-state index contributed by atoms with van der Waals surface area (Å²) in [6.07, 6.45) is 3.92. The standard InChI is InChI=1S/C13H17F2NO/c1-9-7-11(5-4-6-16-3)8-10(2)12(9)17-13(14)15/h4-5,7-8,13,16H,6H2,1-3H3. The molecule has 4 heteroatoms. The lowest BCUT2D eigenvalue weighted by Gasteiger charge is -2.12. The van der Waals surface area contributed by atoms with E-state index in [0.717, 1.165) is 23.2 Å². The zero-order valence-electron chi connectivity index (χ0n) is 10.3. The Hall–Kier alpha value is -1.42. The van der Waals surface area contributed by atoms with Crippen molar-refractivity contribution in [2.45, 2.75) is 20.5 Å². The number of hydrogen-bond donors (Lipinski definition) is 1. The van der Waals surface area contributed by atoms with Crippen LogP contribution in [0.5, 0.6) is 5.75 Å². The van der Waals surface area contributed by atoms with Crippen molar-refractivity contribution in [2.24, 2.45) is 0 Å². The van der Waals surface area contributed by atoms with Gasteiger partial charge in [-0.1, -0.05) is 12.2 Å². The summed E-state index contributed by atoms with van der Waals surface area (Å²) in [6, 6.07) is 3.66. The highest BCUT2D eigenvalue weighted by Crippen LogP contribution is 2.26. The van der Waals surface area contributed by atoms with E-state index in [1.54, 1.807) is 13.8 Å². The molecule has 1 N–H and O–H groups in total. The van der Waals surface area contributed by atoms with E-state index in [9.17, 15) is 8.78 Å². The third-order valence-corrected chi connectivity index (χ3v) is 2.32. The van der Waals surface area contributed by atoms with E-state index in [4.69, 9.17) is 0 Å². The lowest BCUT2D eigenvalue weighted by Crippen LogP contribution is -2.05. The largest absolute Gasteiger partial charge is 0.434 e. The van der Waals surface area contributed by atoms with Crippen LogP contribution in [0.25, 0.3) is 6.08 Å². The third-order valence-electron chi connectivity index (χ3n) is 2.32. The molecule has 2 nitrogen and oxygen atoms in total. The molecule has 1 aromatic rings. The van der Waals surface area contributed by atoms with Gasteiger partial charge in [-0.2, -0.15) is 8.78 Å². The number of hydrogen-bond acceptors (Lipinski definition) is 2. The van der Waals surface area contributed by atoms with Crippen LogP contribution in [-0.4, -0.2) is 20.2 Å². The summed E-state index contributed by atoms with van der Waals surface area (Å²) in [5.41, 5.74) is 2.42. The number of nitrogens with one attached hydrogen (secondary N) is 1. The van der Waals surface area contributed by atoms with Gasteiger partial charge < -0.3 is 10.1 Å². The zero-order chi connectivity index (χ0) is 12.8. The molecule has 0 unspecified atom stereocenters. The maximum atomic E-state index is 12.2. The molecule has 0 bridgehead atoms. The normalized spacial score (nSPS) is 11.4. The second kappa shape index (κ2) is 6.35. The first-order chi connectivity index (χ1) is 8.04. The molecular formula is C13H17F2NO. The van der Waals surface area contributed by atoms with Crippen LogP contribution in [-0.2, 0) is 0 Å². The number of benzene rings is 1. The second-order valence-corrected chi connectivity index (χ2v) is 3.82. The van der Waals surface area contributed by atoms with Gasteiger partial charge in [0, 0.05) is 6.54 Å². The average molecular weight is 241 g/mol. The van der Waals surface area contributed by atoms with Gasteiger partial charge in [0.05, 0.1) is 0 Å². The van der Waals surface area contributed by atoms with Gasteiger partial charge in [-0.3, -0.25) is 0 Å². The predicted molar refractivity (Wildman–Crippen MR) is 65.5 cm³/mol. The number of halogens is 2. The molecule has 0 amide bonds. The van der Waals surface area contributed by atoms with Crippen molar-refractivity contribution < 1.29 is 13.5 Å². The van der Waals surface area contributed by atoms with Crippen molar-refractivity contribution in [1.29, 1.82) is 0 Å². The quantitative estimate of drug-likeness (QED) is 0.855. The van der Waals surface area contributed by atoms with Crippen molar-refractivity contribution >= 4 is 6.08 Å². The molecule has 0 aliphatic heterocycles. The van der Waals surface area contributed by atoms with Gasteiger partial charge in [-0.05, 0) is 49.7 Å². The Morgan fingerprint density at radius 1 is 1.29 bits per heavy atom. The molecule has 0 aliphatic carbocycles. The third kappa shape index (κ3) is 4.15. The lowest BCUT2D eigenvalue weighted by atomic mass is 10.1. The molecule has 0 radical (unpaired) electrons. The van der Waals surface area contributed by atoms with Gasteiger partial charge in [-0.25, -0.2) is 0 Å². The lowest BCUT2D eigenvalue weighted by molar-refractivity contribution is -0.0507. The Balaban J connectivity index is 2.93. The molecule has 0 saturated carbocycles. The SMILES string of the molecule is CNCC=Cc1cc(C)c(OC(F)F)c(C)c1. The Morgan fingerprint density at radius 3 is 2.35 bits per heavy atom. The highest BCUT2D eigenvalue weighted by molar-refractivity contribution is 5.56. The molecule has 1 aromatic carbocycles. The highest BCUT2D eigenvalue weighted by atomic mass is 19.3. The van der Waals surface area contributed by atoms with Crippen molar-refractivity contribution in [1.82, 2.24) is 5.32 Å². The molecule has 0 saturated heterocycles. The van der Waals surface area contributed by atoms with Crippen LogP contribution < -0.4 is 10.1 Å². The van der Waals surface area contributed by atoms with Gasteiger partial charge in [0.2, 0.25) is 0 Å². The molecule has 0 aliphatic rings. The van der Waals surface area contributed by atoms with Gasteiger partial charge in [0.25, 0.3) is 0 Å². The first-order valence-electron chi connectivity index (χ1n) is 5.41. The Labute approximate surface area is 100 Å². The minimum Gasteiger partial charge on any atom is -0.434 e. The van der Waals surface area contributed by atoms with Crippen LogP contribution in [0.1, 0.15) is 16.7 Å². The second-order valence-electron chi connectivity index (χ2n) is 3.82. The van der Waals surface area contributed by atoms with Gasteiger partial charge in [0.15, 0.2) is 0 Å². The highest BCUT2D eigenvalue weighted by Gasteiger charge is 2.10. The summed E-state index contributed by atoms with van der Waals surface area (Å²) < 4.78 is 28.9. The van der Waals surface area contributed by atoms with Crippen LogP contribution >= 0.6 is 0 Å². The van der Waals surface area contributed by atoms with E-state index in [2.05, 4.69) is 10.1 Å². The van der Waals surface area contributed by atoms with Gasteiger partial charge in [-0.15, -0.1) is 0 Å². The minimum absolute atomic E-state index is 0.269. The van der Waals surface area contributed by atoms with Crippen LogP contribution in [0.4, 0.5) is 8.78 Å². The molecule has 0 fully saturated rings. The van der Waals surface area contributed by atoms with E-state index in [-0.39, 0.29) is 5.75 Å². The van der Waals surface area contributed by atoms with E-state index >= 15 is 0 Å². The number of alkyl halides is 2. The predicted octanol–water partition coefficient (Wildman–Crippen LogP) is 3.14. The summed E-state index contributed by atoms with van der Waals surface area (Å²) in [4.78, 5) is 0. The van der Waals surface area contributed by atoms with Gasteiger partial charge in [0.1, 0.15) is 5.75 Å². The number of rotatable bonds is 5. The van der Waals surface area contributed by atoms with Crippen LogP contribution in [0.3, 0.4) is 0 Å². The molecule has 0 heterocycles. The summed E-state index contributed by atoms with van der Waals surface area (Å²) in [5, 5.41) is 2.99. The minimum atomic E-state index is -2.78.